The third-order valence-electron chi connectivity index (χ3n) is 2.93. The zero-order valence-corrected chi connectivity index (χ0v) is 13.8. The summed E-state index contributed by atoms with van der Waals surface area (Å²) in [4.78, 5) is 8.20. The van der Waals surface area contributed by atoms with E-state index in [-0.39, 0.29) is 6.54 Å². The van der Waals surface area contributed by atoms with Crippen LogP contribution in [0.4, 0.5) is 0 Å². The van der Waals surface area contributed by atoms with Gasteiger partial charge in [0.1, 0.15) is 0 Å². The van der Waals surface area contributed by atoms with Crippen molar-refractivity contribution >= 4 is 10.2 Å². The van der Waals surface area contributed by atoms with Crippen molar-refractivity contribution in [3.63, 3.8) is 0 Å². The second-order valence-corrected chi connectivity index (χ2v) is 6.76. The minimum Gasteiger partial charge on any atom is -0.317 e. The zero-order chi connectivity index (χ0) is 15.7. The number of rotatable bonds is 10. The normalized spacial score (nSPS) is 12.0. The molecular weight excluding hydrogens is 290 g/mol. The summed E-state index contributed by atoms with van der Waals surface area (Å²) in [6.07, 6.45) is 5.05. The lowest BCUT2D eigenvalue weighted by Crippen LogP contribution is -2.39. The smallest absolute Gasteiger partial charge is 0.279 e. The van der Waals surface area contributed by atoms with Crippen molar-refractivity contribution in [2.45, 2.75) is 33.2 Å². The van der Waals surface area contributed by atoms with E-state index < -0.39 is 10.2 Å². The largest absolute Gasteiger partial charge is 0.317 e. The number of aromatic nitrogens is 2. The molecule has 0 aromatic carbocycles. The summed E-state index contributed by atoms with van der Waals surface area (Å²) in [5, 5.41) is 3.24. The number of nitrogens with one attached hydrogen (secondary N) is 2. The lowest BCUT2D eigenvalue weighted by molar-refractivity contribution is 0.444. The second kappa shape index (κ2) is 9.04. The van der Waals surface area contributed by atoms with E-state index in [0.29, 0.717) is 12.2 Å². The first-order valence-corrected chi connectivity index (χ1v) is 8.59. The van der Waals surface area contributed by atoms with Gasteiger partial charge in [0.15, 0.2) is 0 Å². The Morgan fingerprint density at radius 2 is 2.00 bits per heavy atom. The van der Waals surface area contributed by atoms with E-state index in [1.807, 2.05) is 6.92 Å². The van der Waals surface area contributed by atoms with Gasteiger partial charge in [-0.05, 0) is 32.9 Å². The van der Waals surface area contributed by atoms with Crippen molar-refractivity contribution in [3.05, 3.63) is 23.8 Å². The molecule has 0 saturated heterocycles. The Labute approximate surface area is 127 Å². The van der Waals surface area contributed by atoms with Crippen LogP contribution in [0.5, 0.6) is 0 Å². The van der Waals surface area contributed by atoms with Gasteiger partial charge in [0.25, 0.3) is 10.2 Å². The molecule has 0 bridgehead atoms. The molecule has 0 aliphatic carbocycles. The highest BCUT2D eigenvalue weighted by molar-refractivity contribution is 7.87. The molecule has 0 aliphatic rings. The van der Waals surface area contributed by atoms with Crippen LogP contribution in [0.15, 0.2) is 12.4 Å². The Morgan fingerprint density at radius 3 is 2.62 bits per heavy atom. The highest BCUT2D eigenvalue weighted by Crippen LogP contribution is 1.99. The summed E-state index contributed by atoms with van der Waals surface area (Å²) >= 11 is 0. The molecule has 1 aromatic rings. The third-order valence-corrected chi connectivity index (χ3v) is 4.45. The molecule has 0 saturated carbocycles. The van der Waals surface area contributed by atoms with E-state index in [1.165, 1.54) is 4.31 Å². The van der Waals surface area contributed by atoms with Gasteiger partial charge in [0.2, 0.25) is 0 Å². The number of aryl methyl sites for hydroxylation is 1. The van der Waals surface area contributed by atoms with E-state index >= 15 is 0 Å². The van der Waals surface area contributed by atoms with Crippen LogP contribution in [-0.4, -0.2) is 49.4 Å². The van der Waals surface area contributed by atoms with Crippen LogP contribution in [0.3, 0.4) is 0 Å². The third kappa shape index (κ3) is 6.94. The Balaban J connectivity index is 2.36. The summed E-state index contributed by atoms with van der Waals surface area (Å²) < 4.78 is 27.9. The predicted octanol–water partition coefficient (Wildman–Crippen LogP) is 0.441. The molecule has 1 heterocycles. The minimum absolute atomic E-state index is 0.147. The highest BCUT2D eigenvalue weighted by Gasteiger charge is 2.16. The van der Waals surface area contributed by atoms with Crippen LogP contribution in [0.1, 0.15) is 31.2 Å². The average Bonchev–Trinajstić information content (AvgIpc) is 2.46. The topological polar surface area (TPSA) is 87.2 Å². The van der Waals surface area contributed by atoms with Gasteiger partial charge < -0.3 is 5.32 Å². The minimum atomic E-state index is -3.47. The fourth-order valence-corrected chi connectivity index (χ4v) is 2.55. The molecule has 120 valence electrons. The molecular formula is C13H25N5O2S. The molecule has 0 unspecified atom stereocenters. The molecule has 0 atom stereocenters. The maximum atomic E-state index is 12.0. The van der Waals surface area contributed by atoms with Crippen LogP contribution in [0, 0.1) is 6.92 Å². The molecule has 2 N–H and O–H groups in total. The van der Waals surface area contributed by atoms with Crippen LogP contribution in [-0.2, 0) is 16.8 Å². The molecule has 0 amide bonds. The van der Waals surface area contributed by atoms with Gasteiger partial charge in [-0.1, -0.05) is 6.92 Å². The Morgan fingerprint density at radius 1 is 1.24 bits per heavy atom. The first kappa shape index (κ1) is 18.0. The van der Waals surface area contributed by atoms with E-state index in [0.717, 1.165) is 31.6 Å². The van der Waals surface area contributed by atoms with Crippen molar-refractivity contribution in [2.75, 3.05) is 26.7 Å². The Hall–Kier alpha value is -1.09. The average molecular weight is 315 g/mol. The lowest BCUT2D eigenvalue weighted by Gasteiger charge is -2.17. The van der Waals surface area contributed by atoms with E-state index in [4.69, 9.17) is 0 Å². The van der Waals surface area contributed by atoms with Gasteiger partial charge in [-0.2, -0.15) is 17.4 Å². The van der Waals surface area contributed by atoms with Gasteiger partial charge in [0, 0.05) is 19.8 Å². The molecule has 21 heavy (non-hydrogen) atoms. The summed E-state index contributed by atoms with van der Waals surface area (Å²) in [6.45, 7) is 6.33. The molecule has 7 nitrogen and oxygen atoms in total. The van der Waals surface area contributed by atoms with Crippen molar-refractivity contribution in [2.24, 2.45) is 0 Å². The first-order valence-electron chi connectivity index (χ1n) is 7.15. The molecule has 0 spiro atoms. The molecule has 1 rings (SSSR count). The Kier molecular flexibility index (Phi) is 7.73. The van der Waals surface area contributed by atoms with E-state index in [1.54, 1.807) is 19.4 Å². The summed E-state index contributed by atoms with van der Waals surface area (Å²) in [7, 11) is -1.90. The number of hydrogen-bond donors (Lipinski definition) is 2. The van der Waals surface area contributed by atoms with E-state index in [2.05, 4.69) is 26.9 Å². The highest BCUT2D eigenvalue weighted by atomic mass is 32.2. The molecule has 0 radical (unpaired) electrons. The lowest BCUT2D eigenvalue weighted by atomic mass is 10.4. The fourth-order valence-electron chi connectivity index (χ4n) is 1.63. The van der Waals surface area contributed by atoms with Crippen LogP contribution < -0.4 is 10.0 Å². The van der Waals surface area contributed by atoms with Crippen molar-refractivity contribution in [3.8, 4) is 0 Å². The van der Waals surface area contributed by atoms with Gasteiger partial charge >= 0.3 is 0 Å². The van der Waals surface area contributed by atoms with Gasteiger partial charge in [-0.3, -0.25) is 9.97 Å². The van der Waals surface area contributed by atoms with Crippen molar-refractivity contribution in [1.29, 1.82) is 0 Å². The quantitative estimate of drug-likeness (QED) is 0.612. The predicted molar refractivity (Wildman–Crippen MR) is 82.9 cm³/mol. The van der Waals surface area contributed by atoms with Crippen LogP contribution >= 0.6 is 0 Å². The van der Waals surface area contributed by atoms with Gasteiger partial charge in [0.05, 0.1) is 24.1 Å². The Bertz CT molecular complexity index is 504. The van der Waals surface area contributed by atoms with Gasteiger partial charge in [-0.15, -0.1) is 0 Å². The maximum absolute atomic E-state index is 12.0. The zero-order valence-electron chi connectivity index (χ0n) is 13.0. The first-order chi connectivity index (χ1) is 9.95. The summed E-state index contributed by atoms with van der Waals surface area (Å²) in [5.74, 6) is 0. The molecule has 8 heteroatoms. The molecule has 0 aliphatic heterocycles. The summed E-state index contributed by atoms with van der Waals surface area (Å²) in [6, 6.07) is 0. The summed E-state index contributed by atoms with van der Waals surface area (Å²) in [5.41, 5.74) is 1.40. The molecule has 0 fully saturated rings. The maximum Gasteiger partial charge on any atom is 0.279 e. The van der Waals surface area contributed by atoms with Crippen LogP contribution in [0.25, 0.3) is 0 Å². The van der Waals surface area contributed by atoms with Crippen molar-refractivity contribution < 1.29 is 8.42 Å². The second-order valence-electron chi connectivity index (χ2n) is 4.90. The molecule has 1 aromatic heterocycles. The fraction of sp³-hybridized carbons (Fsp3) is 0.692. The SMILES string of the molecule is CCCNCCCN(C)S(=O)(=O)NCc1cnc(C)cn1. The standard InChI is InChI=1S/C13H25N5O2S/c1-4-6-14-7-5-8-18(3)21(19,20)17-11-13-10-15-12(2)9-16-13/h9-10,14,17H,4-8,11H2,1-3H3. The number of hydrogen-bond acceptors (Lipinski definition) is 5. The monoisotopic (exact) mass is 315 g/mol. The van der Waals surface area contributed by atoms with Crippen LogP contribution in [0.2, 0.25) is 0 Å². The number of nitrogens with zero attached hydrogens (tertiary/aromatic N) is 3. The van der Waals surface area contributed by atoms with Gasteiger partial charge in [-0.25, -0.2) is 0 Å². The van der Waals surface area contributed by atoms with Crippen molar-refractivity contribution in [1.82, 2.24) is 24.3 Å². The van der Waals surface area contributed by atoms with E-state index in [9.17, 15) is 8.42 Å².